The van der Waals surface area contributed by atoms with Gasteiger partial charge in [0.1, 0.15) is 0 Å². The van der Waals surface area contributed by atoms with Crippen LogP contribution in [0, 0.1) is 0 Å². The predicted molar refractivity (Wildman–Crippen MR) is 222 cm³/mol. The zero-order chi connectivity index (χ0) is 35.6. The van der Waals surface area contributed by atoms with E-state index in [0.29, 0.717) is 17.5 Å². The number of fused-ring (bicyclic) bond motifs is 7. The SMILES string of the molecule is c1ccc(-c2nc(-c3ccc(-n4c5ccccc5c5cc6ccccc6cc54)cc3)nc(-c3ccc4c(c3)c3ccccc3n4-c3ccccc3)n2)cc1. The third-order valence-electron chi connectivity index (χ3n) is 10.5. The maximum Gasteiger partial charge on any atom is 0.164 e. The molecule has 0 unspecified atom stereocenters. The molecule has 0 spiro atoms. The Morgan fingerprint density at radius 2 is 0.722 bits per heavy atom. The lowest BCUT2D eigenvalue weighted by Crippen LogP contribution is -2.00. The molecule has 0 saturated carbocycles. The van der Waals surface area contributed by atoms with Crippen LogP contribution in [0.3, 0.4) is 0 Å². The Kier molecular flexibility index (Phi) is 6.79. The van der Waals surface area contributed by atoms with Gasteiger partial charge in [0.25, 0.3) is 0 Å². The van der Waals surface area contributed by atoms with E-state index in [1.807, 2.05) is 18.2 Å². The Morgan fingerprint density at radius 3 is 1.39 bits per heavy atom. The maximum atomic E-state index is 5.14. The minimum atomic E-state index is 0.630. The van der Waals surface area contributed by atoms with Crippen LogP contribution in [-0.4, -0.2) is 24.1 Å². The van der Waals surface area contributed by atoms with Crippen molar-refractivity contribution >= 4 is 54.4 Å². The van der Waals surface area contributed by atoms with E-state index in [9.17, 15) is 0 Å². The van der Waals surface area contributed by atoms with E-state index in [1.54, 1.807) is 0 Å². The quantitative estimate of drug-likeness (QED) is 0.181. The zero-order valence-electron chi connectivity index (χ0n) is 29.1. The number of rotatable bonds is 5. The van der Waals surface area contributed by atoms with Crippen LogP contribution in [0.25, 0.3) is 99.9 Å². The number of nitrogens with zero attached hydrogens (tertiary/aromatic N) is 5. The predicted octanol–water partition coefficient (Wildman–Crippen LogP) is 12.2. The second kappa shape index (κ2) is 12.1. The summed E-state index contributed by atoms with van der Waals surface area (Å²) in [5.41, 5.74) is 9.67. The molecule has 0 aliphatic rings. The molecule has 252 valence electrons. The largest absolute Gasteiger partial charge is 0.309 e. The highest BCUT2D eigenvalue weighted by atomic mass is 15.0. The van der Waals surface area contributed by atoms with Gasteiger partial charge in [-0.1, -0.05) is 109 Å². The highest BCUT2D eigenvalue weighted by Gasteiger charge is 2.18. The van der Waals surface area contributed by atoms with Crippen molar-refractivity contribution in [2.45, 2.75) is 0 Å². The third-order valence-corrected chi connectivity index (χ3v) is 10.5. The van der Waals surface area contributed by atoms with Crippen molar-refractivity contribution in [2.24, 2.45) is 0 Å². The van der Waals surface area contributed by atoms with Crippen LogP contribution in [0.5, 0.6) is 0 Å². The van der Waals surface area contributed by atoms with Gasteiger partial charge in [0.15, 0.2) is 17.5 Å². The molecule has 8 aromatic carbocycles. The van der Waals surface area contributed by atoms with Crippen molar-refractivity contribution in [3.8, 4) is 45.5 Å². The average molecular weight is 690 g/mol. The first-order valence-corrected chi connectivity index (χ1v) is 18.2. The van der Waals surface area contributed by atoms with E-state index in [0.717, 1.165) is 44.5 Å². The summed E-state index contributed by atoms with van der Waals surface area (Å²) < 4.78 is 4.68. The molecular weight excluding hydrogens is 659 g/mol. The van der Waals surface area contributed by atoms with E-state index in [1.165, 1.54) is 38.0 Å². The van der Waals surface area contributed by atoms with Gasteiger partial charge in [-0.05, 0) is 89.6 Å². The fourth-order valence-corrected chi connectivity index (χ4v) is 8.01. The van der Waals surface area contributed by atoms with Crippen molar-refractivity contribution in [3.63, 3.8) is 0 Å². The van der Waals surface area contributed by atoms with Gasteiger partial charge in [-0.2, -0.15) is 0 Å². The molecule has 3 aromatic heterocycles. The Bertz CT molecular complexity index is 3200. The summed E-state index contributed by atoms with van der Waals surface area (Å²) in [7, 11) is 0. The molecule has 5 heteroatoms. The minimum Gasteiger partial charge on any atom is -0.309 e. The number of aromatic nitrogens is 5. The van der Waals surface area contributed by atoms with E-state index in [4.69, 9.17) is 15.0 Å². The molecule has 0 fully saturated rings. The molecule has 3 heterocycles. The average Bonchev–Trinajstić information content (AvgIpc) is 3.75. The molecule has 0 aliphatic carbocycles. The van der Waals surface area contributed by atoms with Crippen LogP contribution in [-0.2, 0) is 0 Å². The first-order chi connectivity index (χ1) is 26.8. The van der Waals surface area contributed by atoms with Crippen LogP contribution in [0.15, 0.2) is 188 Å². The first kappa shape index (κ1) is 30.3. The van der Waals surface area contributed by atoms with Gasteiger partial charge in [-0.3, -0.25) is 0 Å². The second-order valence-electron chi connectivity index (χ2n) is 13.7. The maximum absolute atomic E-state index is 5.14. The second-order valence-corrected chi connectivity index (χ2v) is 13.7. The van der Waals surface area contributed by atoms with Crippen LogP contribution < -0.4 is 0 Å². The monoisotopic (exact) mass is 689 g/mol. The summed E-state index contributed by atoms with van der Waals surface area (Å²) in [6, 6.07) is 66.2. The van der Waals surface area contributed by atoms with Gasteiger partial charge in [-0.25, -0.2) is 15.0 Å². The zero-order valence-corrected chi connectivity index (χ0v) is 29.1. The molecule has 0 aliphatic heterocycles. The fourth-order valence-electron chi connectivity index (χ4n) is 8.01. The summed E-state index contributed by atoms with van der Waals surface area (Å²) in [5, 5.41) is 7.28. The lowest BCUT2D eigenvalue weighted by molar-refractivity contribution is 1.07. The van der Waals surface area contributed by atoms with Crippen molar-refractivity contribution in [2.75, 3.05) is 0 Å². The van der Waals surface area contributed by atoms with Gasteiger partial charge in [-0.15, -0.1) is 0 Å². The first-order valence-electron chi connectivity index (χ1n) is 18.2. The smallest absolute Gasteiger partial charge is 0.164 e. The lowest BCUT2D eigenvalue weighted by Gasteiger charge is -2.11. The topological polar surface area (TPSA) is 48.5 Å². The minimum absolute atomic E-state index is 0.630. The van der Waals surface area contributed by atoms with E-state index in [-0.39, 0.29) is 0 Å². The normalized spacial score (nSPS) is 11.7. The van der Waals surface area contributed by atoms with Crippen LogP contribution >= 0.6 is 0 Å². The van der Waals surface area contributed by atoms with Crippen LogP contribution in [0.4, 0.5) is 0 Å². The fraction of sp³-hybridized carbons (Fsp3) is 0. The number of benzene rings is 8. The summed E-state index contributed by atoms with van der Waals surface area (Å²) in [6.45, 7) is 0. The van der Waals surface area contributed by atoms with Gasteiger partial charge < -0.3 is 9.13 Å². The molecule has 5 nitrogen and oxygen atoms in total. The van der Waals surface area contributed by atoms with Gasteiger partial charge >= 0.3 is 0 Å². The molecule has 0 amide bonds. The molecular formula is C49H31N5. The van der Waals surface area contributed by atoms with Crippen LogP contribution in [0.1, 0.15) is 0 Å². The van der Waals surface area contributed by atoms with Gasteiger partial charge in [0.2, 0.25) is 0 Å². The Hall–Kier alpha value is -7.37. The van der Waals surface area contributed by atoms with Crippen LogP contribution in [0.2, 0.25) is 0 Å². The third kappa shape index (κ3) is 4.83. The standard InChI is InChI=1S/C49H31N5/c1-3-13-32(14-4-1)47-50-48(52-49(51-47)36-25-28-45-41(30-36)39-19-9-11-21-43(39)53(45)37-17-5-2-6-18-37)33-23-26-38(27-24-33)54-44-22-12-10-20-40(44)42-29-34-15-7-8-16-35(34)31-46(42)54/h1-31H. The van der Waals surface area contributed by atoms with Gasteiger partial charge in [0.05, 0.1) is 22.1 Å². The number of hydrogen-bond donors (Lipinski definition) is 0. The summed E-state index contributed by atoms with van der Waals surface area (Å²) in [4.78, 5) is 15.3. The summed E-state index contributed by atoms with van der Waals surface area (Å²) in [5.74, 6) is 1.90. The van der Waals surface area contributed by atoms with E-state index in [2.05, 4.69) is 179 Å². The molecule has 0 bridgehead atoms. The summed E-state index contributed by atoms with van der Waals surface area (Å²) in [6.07, 6.45) is 0. The molecule has 0 atom stereocenters. The molecule has 0 saturated heterocycles. The number of para-hydroxylation sites is 3. The molecule has 54 heavy (non-hydrogen) atoms. The molecule has 11 aromatic rings. The Labute approximate surface area is 311 Å². The summed E-state index contributed by atoms with van der Waals surface area (Å²) >= 11 is 0. The van der Waals surface area contributed by atoms with Crippen molar-refractivity contribution in [1.82, 2.24) is 24.1 Å². The van der Waals surface area contributed by atoms with E-state index < -0.39 is 0 Å². The molecule has 11 rings (SSSR count). The molecule has 0 radical (unpaired) electrons. The van der Waals surface area contributed by atoms with Gasteiger partial charge in [0, 0.05) is 49.6 Å². The highest BCUT2D eigenvalue weighted by molar-refractivity contribution is 6.14. The van der Waals surface area contributed by atoms with Crippen molar-refractivity contribution in [3.05, 3.63) is 188 Å². The Morgan fingerprint density at radius 1 is 0.278 bits per heavy atom. The van der Waals surface area contributed by atoms with E-state index >= 15 is 0 Å². The highest BCUT2D eigenvalue weighted by Crippen LogP contribution is 2.37. The van der Waals surface area contributed by atoms with Crippen molar-refractivity contribution < 1.29 is 0 Å². The van der Waals surface area contributed by atoms with Crippen molar-refractivity contribution in [1.29, 1.82) is 0 Å². The number of hydrogen-bond acceptors (Lipinski definition) is 3. The lowest BCUT2D eigenvalue weighted by atomic mass is 10.1. The Balaban J connectivity index is 1.06. The molecule has 0 N–H and O–H groups in total.